The quantitative estimate of drug-likeness (QED) is 0.217. The molecule has 2 N–H and O–H groups in total. The number of nitrogens with zero attached hydrogens (tertiary/aromatic N) is 8. The summed E-state index contributed by atoms with van der Waals surface area (Å²) in [7, 11) is 0. The van der Waals surface area contributed by atoms with E-state index in [9.17, 15) is 32.7 Å². The average Bonchev–Trinajstić information content (AvgIpc) is 3.83. The summed E-state index contributed by atoms with van der Waals surface area (Å²) >= 11 is 6.26. The third-order valence-electron chi connectivity index (χ3n) is 11.9. The van der Waals surface area contributed by atoms with E-state index < -0.39 is 40.8 Å². The second kappa shape index (κ2) is 13.0. The lowest BCUT2D eigenvalue weighted by Gasteiger charge is -2.54. The lowest BCUT2D eigenvalue weighted by molar-refractivity contribution is -0.137. The maximum atomic E-state index is 14.8. The molecule has 18 heteroatoms. The number of hydrogen-bond acceptors (Lipinski definition) is 10. The zero-order chi connectivity index (χ0) is 40.3. The van der Waals surface area contributed by atoms with Crippen LogP contribution in [0, 0.1) is 6.92 Å². The van der Waals surface area contributed by atoms with Crippen LogP contribution in [0.15, 0.2) is 47.5 Å². The maximum absolute atomic E-state index is 14.8. The summed E-state index contributed by atoms with van der Waals surface area (Å²) in [4.78, 5) is 59.4. The molecule has 4 aliphatic rings. The van der Waals surface area contributed by atoms with Gasteiger partial charge in [-0.1, -0.05) is 30.7 Å². The zero-order valence-corrected chi connectivity index (χ0v) is 32.0. The number of anilines is 2. The number of rotatable bonds is 5. The van der Waals surface area contributed by atoms with Crippen molar-refractivity contribution in [1.82, 2.24) is 34.0 Å². The van der Waals surface area contributed by atoms with Crippen molar-refractivity contribution in [3.8, 4) is 17.1 Å². The van der Waals surface area contributed by atoms with Gasteiger partial charge in [0.1, 0.15) is 18.1 Å². The van der Waals surface area contributed by atoms with E-state index in [0.29, 0.717) is 36.4 Å². The first-order valence-electron chi connectivity index (χ1n) is 18.6. The molecule has 0 radical (unpaired) electrons. The Morgan fingerprint density at radius 2 is 1.84 bits per heavy atom. The molecule has 3 aromatic heterocycles. The van der Waals surface area contributed by atoms with Crippen molar-refractivity contribution in [2.75, 3.05) is 23.3 Å². The summed E-state index contributed by atoms with van der Waals surface area (Å²) in [6, 6.07) is 6.96. The molecule has 14 nitrogen and oxygen atoms in total. The number of fused-ring (bicyclic) bond motifs is 5. The molecule has 1 saturated heterocycles. The molecule has 2 fully saturated rings. The number of hydrogen-bond donors (Lipinski definition) is 2. The Bertz CT molecular complexity index is 2590. The molecule has 9 rings (SSSR count). The maximum Gasteiger partial charge on any atom is 0.416 e. The molecule has 0 bridgehead atoms. The standard InChI is InChI=1S/C39H37ClF3N9O5/c1-18-13-28(34(54)46-25-8-6-22(15-24(25)40)39(41,42)43)51-30(18)31(49-11-12-50(27-10-9-26(27)49)35(55)29-32(53)19(2)44-17-45-29)36(56)52-37(51)47-33(48-52)20-5-7-23-21(14-20)16-57-38(23,3)4/h5-8,14-15,17-18,26-28,53H,9-13,16H2,1-4H3,(H,46,54)/t18-,26-,27-,28-/m0/s1. The van der Waals surface area contributed by atoms with Gasteiger partial charge < -0.3 is 25.0 Å². The van der Waals surface area contributed by atoms with Crippen molar-refractivity contribution >= 4 is 40.6 Å². The summed E-state index contributed by atoms with van der Waals surface area (Å²) < 4.78 is 49.1. The number of aromatic hydroxyl groups is 1. The van der Waals surface area contributed by atoms with Gasteiger partial charge in [0, 0.05) is 30.6 Å². The highest BCUT2D eigenvalue weighted by Crippen LogP contribution is 2.46. The van der Waals surface area contributed by atoms with Gasteiger partial charge in [0.25, 0.3) is 11.5 Å². The second-order valence-electron chi connectivity index (χ2n) is 15.6. The fourth-order valence-electron chi connectivity index (χ4n) is 8.79. The monoisotopic (exact) mass is 803 g/mol. The largest absolute Gasteiger partial charge is 0.504 e. The third-order valence-corrected chi connectivity index (χ3v) is 12.2. The number of aromatic nitrogens is 6. The predicted octanol–water partition coefficient (Wildman–Crippen LogP) is 5.98. The molecule has 0 spiro atoms. The van der Waals surface area contributed by atoms with E-state index in [2.05, 4.69) is 15.3 Å². The number of carbonyl (C=O) groups is 2. The van der Waals surface area contributed by atoms with E-state index in [1.807, 2.05) is 43.9 Å². The Labute approximate surface area is 328 Å². The van der Waals surface area contributed by atoms with E-state index in [4.69, 9.17) is 26.4 Å². The summed E-state index contributed by atoms with van der Waals surface area (Å²) in [6.45, 7) is 8.34. The highest BCUT2D eigenvalue weighted by atomic mass is 35.5. The van der Waals surface area contributed by atoms with Crippen LogP contribution < -0.4 is 15.8 Å². The van der Waals surface area contributed by atoms with Gasteiger partial charge in [-0.15, -0.1) is 5.10 Å². The van der Waals surface area contributed by atoms with Crippen molar-refractivity contribution in [2.24, 2.45) is 0 Å². The number of carbonyl (C=O) groups excluding carboxylic acids is 2. The lowest BCUT2D eigenvalue weighted by atomic mass is 9.81. The summed E-state index contributed by atoms with van der Waals surface area (Å²) in [5, 5.41) is 17.8. The van der Waals surface area contributed by atoms with Gasteiger partial charge in [0.05, 0.1) is 45.9 Å². The van der Waals surface area contributed by atoms with Crippen LogP contribution in [0.1, 0.15) is 90.6 Å². The summed E-state index contributed by atoms with van der Waals surface area (Å²) in [5.74, 6) is -1.23. The van der Waals surface area contributed by atoms with Gasteiger partial charge in [-0.05, 0) is 75.4 Å². The zero-order valence-electron chi connectivity index (χ0n) is 31.3. The predicted molar refractivity (Wildman–Crippen MR) is 201 cm³/mol. The molecule has 4 atom stereocenters. The lowest BCUT2D eigenvalue weighted by Crippen LogP contribution is -2.67. The van der Waals surface area contributed by atoms with Crippen LogP contribution in [0.2, 0.25) is 5.02 Å². The smallest absolute Gasteiger partial charge is 0.416 e. The number of nitrogens with one attached hydrogen (secondary N) is 1. The molecule has 57 heavy (non-hydrogen) atoms. The van der Waals surface area contributed by atoms with Crippen LogP contribution in [-0.4, -0.2) is 76.1 Å². The van der Waals surface area contributed by atoms with Crippen molar-refractivity contribution in [3.05, 3.63) is 91.9 Å². The van der Waals surface area contributed by atoms with Crippen LogP contribution in [0.5, 0.6) is 5.75 Å². The van der Waals surface area contributed by atoms with Gasteiger partial charge in [0.15, 0.2) is 17.3 Å². The molecular formula is C39H37ClF3N9O5. The number of alkyl halides is 3. The fourth-order valence-corrected chi connectivity index (χ4v) is 9.01. The number of amides is 2. The first-order valence-corrected chi connectivity index (χ1v) is 19.0. The Hall–Kier alpha value is -5.55. The van der Waals surface area contributed by atoms with Crippen molar-refractivity contribution in [1.29, 1.82) is 0 Å². The van der Waals surface area contributed by atoms with Gasteiger partial charge in [-0.2, -0.15) is 22.7 Å². The van der Waals surface area contributed by atoms with Crippen LogP contribution in [0.3, 0.4) is 0 Å². The van der Waals surface area contributed by atoms with Crippen molar-refractivity contribution in [3.63, 3.8) is 0 Å². The molecule has 1 aliphatic carbocycles. The van der Waals surface area contributed by atoms with Gasteiger partial charge >= 0.3 is 6.18 Å². The van der Waals surface area contributed by atoms with Crippen LogP contribution in [0.25, 0.3) is 17.2 Å². The van der Waals surface area contributed by atoms with E-state index in [-0.39, 0.29) is 77.0 Å². The number of halogens is 4. The Balaban J connectivity index is 1.14. The minimum atomic E-state index is -4.62. The van der Waals surface area contributed by atoms with E-state index in [1.165, 1.54) is 10.8 Å². The van der Waals surface area contributed by atoms with Gasteiger partial charge in [-0.25, -0.2) is 9.97 Å². The molecule has 0 unspecified atom stereocenters. The molecule has 1 saturated carbocycles. The third kappa shape index (κ3) is 5.84. The van der Waals surface area contributed by atoms with Crippen LogP contribution in [0.4, 0.5) is 24.5 Å². The van der Waals surface area contributed by atoms with Crippen molar-refractivity contribution in [2.45, 2.75) is 89.4 Å². The Kier molecular flexibility index (Phi) is 8.44. The molecule has 5 aromatic rings. The minimum Gasteiger partial charge on any atom is -0.504 e. The van der Waals surface area contributed by atoms with Gasteiger partial charge in [0.2, 0.25) is 11.7 Å². The van der Waals surface area contributed by atoms with Crippen LogP contribution >= 0.6 is 11.6 Å². The minimum absolute atomic E-state index is 0.00140. The van der Waals surface area contributed by atoms with E-state index in [1.54, 1.807) is 16.4 Å². The molecule has 2 amide bonds. The number of aryl methyl sites for hydroxylation is 1. The number of piperazine rings is 1. The second-order valence-corrected chi connectivity index (χ2v) is 16.0. The topological polar surface area (TPSA) is 160 Å². The molecule has 3 aliphatic heterocycles. The summed E-state index contributed by atoms with van der Waals surface area (Å²) in [5.41, 5.74) is 1.87. The normalized spacial score (nSPS) is 22.2. The highest BCUT2D eigenvalue weighted by molar-refractivity contribution is 6.33. The highest BCUT2D eigenvalue weighted by Gasteiger charge is 2.49. The number of benzene rings is 2. The Morgan fingerprint density at radius 1 is 1.07 bits per heavy atom. The van der Waals surface area contributed by atoms with E-state index in [0.717, 1.165) is 29.3 Å². The molecule has 296 valence electrons. The van der Waals surface area contributed by atoms with Crippen molar-refractivity contribution < 1.29 is 32.6 Å². The SMILES string of the molecule is Cc1ncnc(C(=O)N2CCN(c3c4n(c5nc(-c6ccc7c(c6)COC7(C)C)nn5c3=O)[C@H](C(=O)Nc3ccc(C(F)(F)F)cc3Cl)C[C@@H]4C)[C@H]3CC[C@@H]32)c1O. The summed E-state index contributed by atoms with van der Waals surface area (Å²) in [6.07, 6.45) is -1.82. The van der Waals surface area contributed by atoms with E-state index >= 15 is 0 Å². The first kappa shape index (κ1) is 37.1. The average molecular weight is 804 g/mol. The molecular weight excluding hydrogens is 767 g/mol. The van der Waals surface area contributed by atoms with Gasteiger partial charge in [-0.3, -0.25) is 19.0 Å². The molecule has 6 heterocycles. The number of ether oxygens (including phenoxy) is 1. The molecule has 2 aromatic carbocycles. The Morgan fingerprint density at radius 3 is 2.56 bits per heavy atom. The van der Waals surface area contributed by atoms with Crippen LogP contribution in [-0.2, 0) is 27.9 Å². The fraction of sp³-hybridized carbons (Fsp3) is 0.410. The first-order chi connectivity index (χ1) is 27.0.